The third-order valence-electron chi connectivity index (χ3n) is 5.75. The summed E-state index contributed by atoms with van der Waals surface area (Å²) in [4.78, 5) is 29.6. The number of halogens is 1. The Balaban J connectivity index is 1.64. The standard InChI is InChI=1S/C21H30BrN3O3/c1-2-9-23-19(26)16-24-10-12-25(13-11-24)20(27)21(7-14-28-15-8-21)17-3-5-18(22)6-4-17/h3-6H,2,7-16H2,1H3,(H,23,26). The van der Waals surface area contributed by atoms with E-state index in [1.807, 2.05) is 24.0 Å². The minimum Gasteiger partial charge on any atom is -0.381 e. The van der Waals surface area contributed by atoms with Gasteiger partial charge in [-0.15, -0.1) is 0 Å². The molecule has 6 nitrogen and oxygen atoms in total. The molecule has 0 unspecified atom stereocenters. The molecule has 0 bridgehead atoms. The van der Waals surface area contributed by atoms with Crippen molar-refractivity contribution in [1.29, 1.82) is 0 Å². The topological polar surface area (TPSA) is 61.9 Å². The lowest BCUT2D eigenvalue weighted by atomic mass is 9.73. The third kappa shape index (κ3) is 4.93. The van der Waals surface area contributed by atoms with E-state index in [9.17, 15) is 9.59 Å². The van der Waals surface area contributed by atoms with Crippen molar-refractivity contribution in [3.05, 3.63) is 34.3 Å². The van der Waals surface area contributed by atoms with Crippen molar-refractivity contribution in [3.8, 4) is 0 Å². The first-order chi connectivity index (χ1) is 13.5. The third-order valence-corrected chi connectivity index (χ3v) is 6.28. The van der Waals surface area contributed by atoms with Gasteiger partial charge >= 0.3 is 0 Å². The predicted octanol–water partition coefficient (Wildman–Crippen LogP) is 2.17. The number of piperazine rings is 1. The van der Waals surface area contributed by atoms with Gasteiger partial charge in [-0.25, -0.2) is 0 Å². The zero-order valence-corrected chi connectivity index (χ0v) is 18.2. The van der Waals surface area contributed by atoms with Gasteiger partial charge in [0.15, 0.2) is 0 Å². The van der Waals surface area contributed by atoms with Gasteiger partial charge in [0.05, 0.1) is 12.0 Å². The van der Waals surface area contributed by atoms with E-state index in [1.54, 1.807) is 0 Å². The van der Waals surface area contributed by atoms with Crippen LogP contribution in [0.1, 0.15) is 31.7 Å². The highest BCUT2D eigenvalue weighted by Gasteiger charge is 2.44. The molecule has 0 spiro atoms. The molecular formula is C21H30BrN3O3. The van der Waals surface area contributed by atoms with Gasteiger partial charge in [0.2, 0.25) is 11.8 Å². The summed E-state index contributed by atoms with van der Waals surface area (Å²) in [5.41, 5.74) is 0.574. The van der Waals surface area contributed by atoms with Crippen LogP contribution < -0.4 is 5.32 Å². The van der Waals surface area contributed by atoms with Crippen molar-refractivity contribution in [1.82, 2.24) is 15.1 Å². The van der Waals surface area contributed by atoms with Crippen LogP contribution in [0.4, 0.5) is 0 Å². The molecule has 0 aliphatic carbocycles. The summed E-state index contributed by atoms with van der Waals surface area (Å²) in [5.74, 6) is 0.269. The van der Waals surface area contributed by atoms with Crippen LogP contribution in [0.5, 0.6) is 0 Å². The number of carbonyl (C=O) groups is 2. The minimum absolute atomic E-state index is 0.0670. The molecular weight excluding hydrogens is 422 g/mol. The highest BCUT2D eigenvalue weighted by Crippen LogP contribution is 2.37. The number of rotatable bonds is 6. The maximum absolute atomic E-state index is 13.6. The van der Waals surface area contributed by atoms with E-state index in [4.69, 9.17) is 4.74 Å². The Morgan fingerprint density at radius 2 is 1.75 bits per heavy atom. The molecule has 0 radical (unpaired) electrons. The van der Waals surface area contributed by atoms with Crippen LogP contribution in [-0.4, -0.2) is 74.1 Å². The molecule has 0 saturated carbocycles. The maximum Gasteiger partial charge on any atom is 0.234 e. The average Bonchev–Trinajstić information content (AvgIpc) is 2.73. The Morgan fingerprint density at radius 3 is 2.36 bits per heavy atom. The molecule has 28 heavy (non-hydrogen) atoms. The number of benzene rings is 1. The number of hydrogen-bond donors (Lipinski definition) is 1. The molecule has 1 aromatic carbocycles. The average molecular weight is 452 g/mol. The Morgan fingerprint density at radius 1 is 1.11 bits per heavy atom. The monoisotopic (exact) mass is 451 g/mol. The van der Waals surface area contributed by atoms with Crippen LogP contribution in [0.2, 0.25) is 0 Å². The fraction of sp³-hybridized carbons (Fsp3) is 0.619. The first kappa shape index (κ1) is 21.3. The Bertz CT molecular complexity index is 666. The molecule has 2 aliphatic heterocycles. The van der Waals surface area contributed by atoms with E-state index in [0.29, 0.717) is 45.7 Å². The zero-order valence-electron chi connectivity index (χ0n) is 16.6. The second-order valence-electron chi connectivity index (χ2n) is 7.62. The van der Waals surface area contributed by atoms with Crippen LogP contribution in [-0.2, 0) is 19.7 Å². The fourth-order valence-corrected chi connectivity index (χ4v) is 4.31. The van der Waals surface area contributed by atoms with Gasteiger partial charge in [-0.1, -0.05) is 35.0 Å². The Hall–Kier alpha value is -1.44. The van der Waals surface area contributed by atoms with Crippen molar-refractivity contribution in [3.63, 3.8) is 0 Å². The van der Waals surface area contributed by atoms with E-state index < -0.39 is 5.41 Å². The summed E-state index contributed by atoms with van der Waals surface area (Å²) in [6, 6.07) is 8.13. The lowest BCUT2D eigenvalue weighted by Crippen LogP contribution is -2.56. The summed E-state index contributed by atoms with van der Waals surface area (Å²) in [5, 5.41) is 2.92. The van der Waals surface area contributed by atoms with Crippen molar-refractivity contribution >= 4 is 27.7 Å². The van der Waals surface area contributed by atoms with Crippen molar-refractivity contribution in [2.75, 3.05) is 52.5 Å². The molecule has 2 fully saturated rings. The SMILES string of the molecule is CCCNC(=O)CN1CCN(C(=O)C2(c3ccc(Br)cc3)CCOCC2)CC1. The molecule has 2 amide bonds. The number of amides is 2. The van der Waals surface area contributed by atoms with Crippen LogP contribution in [0.25, 0.3) is 0 Å². The van der Waals surface area contributed by atoms with E-state index >= 15 is 0 Å². The number of ether oxygens (including phenoxy) is 1. The maximum atomic E-state index is 13.6. The summed E-state index contributed by atoms with van der Waals surface area (Å²) < 4.78 is 6.58. The Kier molecular flexibility index (Phi) is 7.48. The van der Waals surface area contributed by atoms with Gasteiger partial charge in [0.25, 0.3) is 0 Å². The van der Waals surface area contributed by atoms with E-state index in [2.05, 4.69) is 38.3 Å². The van der Waals surface area contributed by atoms with Gasteiger partial charge in [-0.2, -0.15) is 0 Å². The van der Waals surface area contributed by atoms with Gasteiger partial charge in [-0.3, -0.25) is 14.5 Å². The molecule has 7 heteroatoms. The molecule has 0 aromatic heterocycles. The fourth-order valence-electron chi connectivity index (χ4n) is 4.05. The van der Waals surface area contributed by atoms with Crippen molar-refractivity contribution in [2.24, 2.45) is 0 Å². The largest absolute Gasteiger partial charge is 0.381 e. The number of nitrogens with zero attached hydrogens (tertiary/aromatic N) is 2. The van der Waals surface area contributed by atoms with Gasteiger partial charge in [0.1, 0.15) is 0 Å². The molecule has 1 aromatic rings. The normalized spacial score (nSPS) is 20.0. The van der Waals surface area contributed by atoms with Crippen molar-refractivity contribution in [2.45, 2.75) is 31.6 Å². The van der Waals surface area contributed by atoms with E-state index in [-0.39, 0.29) is 11.8 Å². The van der Waals surface area contributed by atoms with E-state index in [0.717, 1.165) is 36.1 Å². The highest BCUT2D eigenvalue weighted by atomic mass is 79.9. The predicted molar refractivity (Wildman–Crippen MR) is 112 cm³/mol. The summed E-state index contributed by atoms with van der Waals surface area (Å²) in [6.45, 7) is 7.19. The second kappa shape index (κ2) is 9.85. The molecule has 3 rings (SSSR count). The lowest BCUT2D eigenvalue weighted by Gasteiger charge is -2.43. The van der Waals surface area contributed by atoms with Crippen LogP contribution in [0.3, 0.4) is 0 Å². The summed E-state index contributed by atoms with van der Waals surface area (Å²) in [7, 11) is 0. The molecule has 2 aliphatic rings. The zero-order chi connectivity index (χ0) is 20.0. The van der Waals surface area contributed by atoms with Crippen LogP contribution in [0.15, 0.2) is 28.7 Å². The van der Waals surface area contributed by atoms with Gasteiger partial charge in [0, 0.05) is 50.4 Å². The summed E-state index contributed by atoms with van der Waals surface area (Å²) >= 11 is 3.48. The first-order valence-corrected chi connectivity index (χ1v) is 11.0. The van der Waals surface area contributed by atoms with Gasteiger partial charge < -0.3 is 15.0 Å². The molecule has 2 saturated heterocycles. The quantitative estimate of drug-likeness (QED) is 0.719. The van der Waals surface area contributed by atoms with Crippen LogP contribution >= 0.6 is 15.9 Å². The van der Waals surface area contributed by atoms with E-state index in [1.165, 1.54) is 0 Å². The summed E-state index contributed by atoms with van der Waals surface area (Å²) in [6.07, 6.45) is 2.37. The molecule has 154 valence electrons. The van der Waals surface area contributed by atoms with Crippen molar-refractivity contribution < 1.29 is 14.3 Å². The Labute approximate surface area is 175 Å². The van der Waals surface area contributed by atoms with Crippen LogP contribution in [0, 0.1) is 0 Å². The smallest absolute Gasteiger partial charge is 0.234 e. The lowest BCUT2D eigenvalue weighted by molar-refractivity contribution is -0.143. The number of carbonyl (C=O) groups excluding carboxylic acids is 2. The minimum atomic E-state index is -0.500. The number of hydrogen-bond acceptors (Lipinski definition) is 4. The molecule has 1 N–H and O–H groups in total. The highest BCUT2D eigenvalue weighted by molar-refractivity contribution is 9.10. The first-order valence-electron chi connectivity index (χ1n) is 10.2. The number of nitrogens with one attached hydrogen (secondary N) is 1. The second-order valence-corrected chi connectivity index (χ2v) is 8.54. The molecule has 2 heterocycles. The van der Waals surface area contributed by atoms with Gasteiger partial charge in [-0.05, 0) is 37.0 Å². The molecule has 0 atom stereocenters.